The summed E-state index contributed by atoms with van der Waals surface area (Å²) in [5.41, 5.74) is 7.75. The number of rotatable bonds is 0. The molecule has 0 aliphatic heterocycles. The molecule has 3 rings (SSSR count). The fraction of sp³-hybridized carbons (Fsp3) is 0.273. The quantitative estimate of drug-likeness (QED) is 0.461. The van der Waals surface area contributed by atoms with E-state index in [1.165, 1.54) is 17.5 Å². The zero-order valence-corrected chi connectivity index (χ0v) is 7.30. The molecule has 0 saturated heterocycles. The molecule has 1 aromatic rings. The van der Waals surface area contributed by atoms with Gasteiger partial charge in [0.25, 0.3) is 0 Å². The lowest BCUT2D eigenvalue weighted by Crippen LogP contribution is -1.97. The molecule has 2 aliphatic rings. The number of fused-ring (bicyclic) bond motifs is 2. The second-order valence-electron chi connectivity index (χ2n) is 2.67. The smallest absolute Gasteiger partial charge is 0.00785 e. The maximum Gasteiger partial charge on any atom is 0.00785 e. The first kappa shape index (κ1) is 8.67. The van der Waals surface area contributed by atoms with E-state index in [-0.39, 0.29) is 0 Å². The van der Waals surface area contributed by atoms with Gasteiger partial charge in [-0.25, -0.2) is 0 Å². The maximum atomic E-state index is 4.78. The van der Waals surface area contributed by atoms with Crippen molar-refractivity contribution in [3.05, 3.63) is 35.4 Å². The van der Waals surface area contributed by atoms with Crippen LogP contribution in [0.15, 0.2) is 24.3 Å². The molecular formula is C11H13N. The van der Waals surface area contributed by atoms with E-state index in [2.05, 4.69) is 36.2 Å². The molecule has 0 atom stereocenters. The summed E-state index contributed by atoms with van der Waals surface area (Å²) in [7, 11) is 0. The van der Waals surface area contributed by atoms with Crippen LogP contribution >= 0.6 is 0 Å². The van der Waals surface area contributed by atoms with Crippen LogP contribution < -0.4 is 5.73 Å². The van der Waals surface area contributed by atoms with Crippen LogP contribution in [0.5, 0.6) is 0 Å². The maximum absolute atomic E-state index is 4.78. The number of nitrogens with two attached hydrogens (primary N) is 1. The second-order valence-corrected chi connectivity index (χ2v) is 2.67. The van der Waals surface area contributed by atoms with Crippen LogP contribution in [0.3, 0.4) is 0 Å². The Morgan fingerprint density at radius 3 is 2.08 bits per heavy atom. The van der Waals surface area contributed by atoms with E-state index in [1.54, 1.807) is 0 Å². The van der Waals surface area contributed by atoms with E-state index in [4.69, 9.17) is 5.73 Å². The Kier molecular flexibility index (Phi) is 3.22. The van der Waals surface area contributed by atoms with Crippen molar-refractivity contribution in [2.45, 2.75) is 19.8 Å². The molecule has 1 aromatic carbocycles. The molecule has 1 nitrogen and oxygen atoms in total. The Hall–Kier alpha value is -1.42. The van der Waals surface area contributed by atoms with Crippen LogP contribution in [0.2, 0.25) is 0 Å². The molecule has 62 valence electrons. The minimum absolute atomic E-state index is 0.858. The average Bonchev–Trinajstić information content (AvgIpc) is 2.07. The van der Waals surface area contributed by atoms with Crippen LogP contribution in [0, 0.1) is 12.0 Å². The second kappa shape index (κ2) is 4.46. The van der Waals surface area contributed by atoms with Gasteiger partial charge in [0, 0.05) is 12.5 Å². The number of hydrogen-bond donors (Lipinski definition) is 1. The van der Waals surface area contributed by atoms with Crippen molar-refractivity contribution in [3.63, 3.8) is 0 Å². The molecule has 0 amide bonds. The summed E-state index contributed by atoms with van der Waals surface area (Å²) in [6, 6.07) is 10.9. The van der Waals surface area contributed by atoms with E-state index in [1.807, 2.05) is 6.92 Å². The van der Waals surface area contributed by atoms with Gasteiger partial charge in [-0.2, -0.15) is 0 Å². The molecule has 2 aliphatic carbocycles. The summed E-state index contributed by atoms with van der Waals surface area (Å²) in [5, 5.41) is 0. The van der Waals surface area contributed by atoms with Gasteiger partial charge in [0.2, 0.25) is 0 Å². The molecule has 0 radical (unpaired) electrons. The van der Waals surface area contributed by atoms with Gasteiger partial charge in [-0.1, -0.05) is 37.1 Å². The third-order valence-electron chi connectivity index (χ3n) is 1.68. The zero-order valence-electron chi connectivity index (χ0n) is 7.30. The zero-order chi connectivity index (χ0) is 8.81. The van der Waals surface area contributed by atoms with Gasteiger partial charge in [-0.05, 0) is 17.5 Å². The van der Waals surface area contributed by atoms with Crippen molar-refractivity contribution in [1.82, 2.24) is 0 Å². The molecule has 0 heterocycles. The molecule has 0 aromatic heterocycles. The number of benzene rings is 1. The topological polar surface area (TPSA) is 26.0 Å². The average molecular weight is 159 g/mol. The van der Waals surface area contributed by atoms with Gasteiger partial charge in [0.15, 0.2) is 0 Å². The standard InChI is InChI=1S/C7H6.C4H7N/c1-2-6-4-7(3-1)5-6;1-2-3-4-5/h1-4H,5H2;2,5H2,1H3. The van der Waals surface area contributed by atoms with E-state index < -0.39 is 0 Å². The highest BCUT2D eigenvalue weighted by Crippen LogP contribution is 2.18. The third-order valence-corrected chi connectivity index (χ3v) is 1.68. The first-order valence-electron chi connectivity index (χ1n) is 4.13. The number of hydrogen-bond acceptors (Lipinski definition) is 1. The summed E-state index contributed by atoms with van der Waals surface area (Å²) in [6.45, 7) is 1.96. The van der Waals surface area contributed by atoms with Crippen LogP contribution in [0.1, 0.15) is 24.5 Å². The fourth-order valence-electron chi connectivity index (χ4n) is 1.06. The summed E-state index contributed by atoms with van der Waals surface area (Å²) < 4.78 is 0. The predicted octanol–water partition coefficient (Wildman–Crippen LogP) is 1.91. The minimum atomic E-state index is 0.858. The van der Waals surface area contributed by atoms with E-state index in [0.29, 0.717) is 0 Å². The van der Waals surface area contributed by atoms with Crippen LogP contribution in [-0.4, -0.2) is 0 Å². The highest BCUT2D eigenvalue weighted by atomic mass is 14.4. The lowest BCUT2D eigenvalue weighted by atomic mass is 9.94. The molecule has 2 bridgehead atoms. The van der Waals surface area contributed by atoms with Crippen molar-refractivity contribution in [1.29, 1.82) is 0 Å². The van der Waals surface area contributed by atoms with Crippen molar-refractivity contribution in [3.8, 4) is 12.0 Å². The van der Waals surface area contributed by atoms with Gasteiger partial charge in [-0.3, -0.25) is 0 Å². The van der Waals surface area contributed by atoms with Crippen molar-refractivity contribution in [2.75, 3.05) is 0 Å². The van der Waals surface area contributed by atoms with E-state index >= 15 is 0 Å². The van der Waals surface area contributed by atoms with E-state index in [9.17, 15) is 0 Å². The molecule has 0 spiro atoms. The lowest BCUT2D eigenvalue weighted by Gasteiger charge is -2.11. The Morgan fingerprint density at radius 1 is 1.42 bits per heavy atom. The molecule has 0 fully saturated rings. The van der Waals surface area contributed by atoms with Gasteiger partial charge in [0.1, 0.15) is 0 Å². The van der Waals surface area contributed by atoms with Gasteiger partial charge < -0.3 is 5.73 Å². The lowest BCUT2D eigenvalue weighted by molar-refractivity contribution is 1.09. The highest BCUT2D eigenvalue weighted by Gasteiger charge is 2.04. The van der Waals surface area contributed by atoms with Crippen LogP contribution in [0.4, 0.5) is 0 Å². The molecule has 1 heteroatoms. The normalized spacial score (nSPS) is 9.75. The summed E-state index contributed by atoms with van der Waals surface area (Å²) in [5.74, 6) is 2.64. The third kappa shape index (κ3) is 2.32. The Bertz CT molecular complexity index is 280. The molecule has 12 heavy (non-hydrogen) atoms. The first-order valence-corrected chi connectivity index (χ1v) is 4.13. The Labute approximate surface area is 73.6 Å². The van der Waals surface area contributed by atoms with Gasteiger partial charge in [0.05, 0.1) is 0 Å². The minimum Gasteiger partial charge on any atom is -0.359 e. The SMILES string of the molecule is CCC#CN.c1cc2cc(c1)C2. The van der Waals surface area contributed by atoms with Crippen LogP contribution in [0.25, 0.3) is 0 Å². The predicted molar refractivity (Wildman–Crippen MR) is 51.5 cm³/mol. The molecular weight excluding hydrogens is 146 g/mol. The largest absolute Gasteiger partial charge is 0.359 e. The fourth-order valence-corrected chi connectivity index (χ4v) is 1.06. The Balaban J connectivity index is 0.000000130. The van der Waals surface area contributed by atoms with Gasteiger partial charge in [-0.15, -0.1) is 0 Å². The van der Waals surface area contributed by atoms with Crippen LogP contribution in [-0.2, 0) is 6.42 Å². The summed E-state index contributed by atoms with van der Waals surface area (Å²) >= 11 is 0. The molecule has 0 unspecified atom stereocenters. The summed E-state index contributed by atoms with van der Waals surface area (Å²) in [6.07, 6.45) is 2.08. The highest BCUT2D eigenvalue weighted by molar-refractivity contribution is 5.37. The van der Waals surface area contributed by atoms with Gasteiger partial charge >= 0.3 is 0 Å². The monoisotopic (exact) mass is 159 g/mol. The van der Waals surface area contributed by atoms with Crippen molar-refractivity contribution >= 4 is 0 Å². The van der Waals surface area contributed by atoms with Crippen molar-refractivity contribution < 1.29 is 0 Å². The summed E-state index contributed by atoms with van der Waals surface area (Å²) in [4.78, 5) is 0. The van der Waals surface area contributed by atoms with Crippen molar-refractivity contribution in [2.24, 2.45) is 5.73 Å². The van der Waals surface area contributed by atoms with E-state index in [0.717, 1.165) is 6.42 Å². The molecule has 2 N–H and O–H groups in total. The Morgan fingerprint density at radius 2 is 2.00 bits per heavy atom. The molecule has 0 saturated carbocycles. The first-order chi connectivity index (χ1) is 5.86.